The summed E-state index contributed by atoms with van der Waals surface area (Å²) in [7, 11) is 1.72. The first-order valence-corrected chi connectivity index (χ1v) is 0.612. The Morgan fingerprint density at radius 2 is 1.25 bits per heavy atom. The molecule has 0 heterocycles. The van der Waals surface area contributed by atoms with Crippen molar-refractivity contribution in [3.63, 3.8) is 0 Å². The van der Waals surface area contributed by atoms with Gasteiger partial charge in [0, 0.05) is 36.2 Å². The molecular weight excluding hydrogens is 80.9 g/mol. The molecule has 0 amide bonds. The van der Waals surface area contributed by atoms with Crippen molar-refractivity contribution in [2.45, 2.75) is 0 Å². The normalized spacial score (nSPS) is 1.00. The van der Waals surface area contributed by atoms with Crippen molar-refractivity contribution in [2.24, 2.45) is 0 Å². The standard InChI is InChI=1S/Al.Li.HOP/c;;1-2/h;;2H. The quantitative estimate of drug-likeness (QED) is 0.290. The fourth-order valence-electron chi connectivity index (χ4n) is 0. The first-order valence-electron chi connectivity index (χ1n) is 0.204. The van der Waals surface area contributed by atoms with Crippen LogP contribution in [0.15, 0.2) is 0 Å². The van der Waals surface area contributed by atoms with Gasteiger partial charge in [0.1, 0.15) is 9.12 Å². The molecule has 0 aliphatic rings. The van der Waals surface area contributed by atoms with Gasteiger partial charge in [-0.15, -0.1) is 0 Å². The van der Waals surface area contributed by atoms with E-state index in [-0.39, 0.29) is 36.2 Å². The summed E-state index contributed by atoms with van der Waals surface area (Å²) in [5.41, 5.74) is 0. The monoisotopic (exact) mass is 82.0 g/mol. The summed E-state index contributed by atoms with van der Waals surface area (Å²) in [5.74, 6) is 0. The summed E-state index contributed by atoms with van der Waals surface area (Å²) in [6.07, 6.45) is 0. The average Bonchev–Trinajstić information content (AvgIpc) is 1.00. The van der Waals surface area contributed by atoms with E-state index in [1.165, 1.54) is 0 Å². The SMILES string of the molecule is O=P.[Al].[Li]. The van der Waals surface area contributed by atoms with E-state index in [9.17, 15) is 0 Å². The van der Waals surface area contributed by atoms with E-state index in [0.717, 1.165) is 0 Å². The van der Waals surface area contributed by atoms with Gasteiger partial charge in [-0.05, 0) is 0 Å². The van der Waals surface area contributed by atoms with Crippen molar-refractivity contribution in [3.8, 4) is 0 Å². The maximum atomic E-state index is 8.06. The summed E-state index contributed by atoms with van der Waals surface area (Å²) in [4.78, 5) is 0. The molecule has 0 aromatic carbocycles. The van der Waals surface area contributed by atoms with Gasteiger partial charge in [0.05, 0.1) is 0 Å². The summed E-state index contributed by atoms with van der Waals surface area (Å²) in [6, 6.07) is 0. The van der Waals surface area contributed by atoms with Crippen molar-refractivity contribution in [2.75, 3.05) is 0 Å². The van der Waals surface area contributed by atoms with E-state index in [4.69, 9.17) is 4.57 Å². The minimum atomic E-state index is 0. The van der Waals surface area contributed by atoms with Crippen LogP contribution in [-0.2, 0) is 4.57 Å². The van der Waals surface area contributed by atoms with Gasteiger partial charge in [0.25, 0.3) is 0 Å². The number of hydrogen-bond donors (Lipinski definition) is 0. The van der Waals surface area contributed by atoms with Gasteiger partial charge in [0.15, 0.2) is 0 Å². The Balaban J connectivity index is -0.00000000500. The van der Waals surface area contributed by atoms with Crippen LogP contribution in [0.3, 0.4) is 0 Å². The molecule has 4 heavy (non-hydrogen) atoms. The summed E-state index contributed by atoms with van der Waals surface area (Å²) in [5, 5.41) is 0. The zero-order valence-electron chi connectivity index (χ0n) is 2.49. The molecule has 0 aromatic heterocycles. The van der Waals surface area contributed by atoms with Crippen LogP contribution in [0.2, 0.25) is 0 Å². The third-order valence-corrected chi connectivity index (χ3v) is 0. The summed E-state index contributed by atoms with van der Waals surface area (Å²) in [6.45, 7) is 0. The predicted molar refractivity (Wildman–Crippen MR) is 20.5 cm³/mol. The topological polar surface area (TPSA) is 17.1 Å². The Kier molecular flexibility index (Phi) is 137. The molecular formula is HAlLiOP. The van der Waals surface area contributed by atoms with E-state index in [0.29, 0.717) is 0 Å². The Bertz CT molecular complexity index is 8.00. The Labute approximate surface area is 50.1 Å². The van der Waals surface area contributed by atoms with Crippen LogP contribution >= 0.6 is 9.12 Å². The number of hydrogen-bond acceptors (Lipinski definition) is 1. The van der Waals surface area contributed by atoms with Crippen molar-refractivity contribution in [1.82, 2.24) is 0 Å². The van der Waals surface area contributed by atoms with E-state index >= 15 is 0 Å². The molecule has 0 bridgehead atoms. The zero-order valence-corrected chi connectivity index (χ0v) is 4.64. The fraction of sp³-hybridized carbons (Fsp3) is 0. The third kappa shape index (κ3) is 10.6. The van der Waals surface area contributed by atoms with E-state index in [1.807, 2.05) is 0 Å². The van der Waals surface area contributed by atoms with Gasteiger partial charge in [-0.1, -0.05) is 0 Å². The molecule has 0 saturated carbocycles. The van der Waals surface area contributed by atoms with E-state index < -0.39 is 0 Å². The first-order chi connectivity index (χ1) is 1.00. The molecule has 0 atom stereocenters. The summed E-state index contributed by atoms with van der Waals surface area (Å²) >= 11 is 0. The molecule has 0 fully saturated rings. The predicted octanol–water partition coefficient (Wildman–Crippen LogP) is -0.287. The van der Waals surface area contributed by atoms with Crippen molar-refractivity contribution in [3.05, 3.63) is 0 Å². The van der Waals surface area contributed by atoms with Gasteiger partial charge < -0.3 is 0 Å². The van der Waals surface area contributed by atoms with Gasteiger partial charge in [0.2, 0.25) is 0 Å². The van der Waals surface area contributed by atoms with Crippen LogP contribution in [0.25, 0.3) is 0 Å². The molecule has 4 heteroatoms. The largest absolute Gasteiger partial charge is 0.279 e. The minimum Gasteiger partial charge on any atom is -0.279 e. The molecule has 0 rings (SSSR count). The van der Waals surface area contributed by atoms with Gasteiger partial charge in [-0.2, -0.15) is 0 Å². The van der Waals surface area contributed by atoms with Crippen LogP contribution < -0.4 is 0 Å². The van der Waals surface area contributed by atoms with Crippen LogP contribution in [0.5, 0.6) is 0 Å². The maximum absolute atomic E-state index is 8.06. The molecule has 4 radical (unpaired) electrons. The maximum Gasteiger partial charge on any atom is 0.138 e. The molecule has 0 unspecified atom stereocenters. The minimum absolute atomic E-state index is 0. The molecule has 0 N–H and O–H groups in total. The molecule has 0 aliphatic carbocycles. The van der Waals surface area contributed by atoms with Crippen LogP contribution in [0, 0.1) is 0 Å². The Morgan fingerprint density at radius 3 is 1.25 bits per heavy atom. The van der Waals surface area contributed by atoms with E-state index in [1.54, 1.807) is 9.12 Å². The third-order valence-electron chi connectivity index (χ3n) is 0. The molecule has 0 saturated heterocycles. The van der Waals surface area contributed by atoms with Crippen LogP contribution in [-0.4, -0.2) is 36.2 Å². The fourth-order valence-corrected chi connectivity index (χ4v) is 0. The van der Waals surface area contributed by atoms with E-state index in [2.05, 4.69) is 0 Å². The van der Waals surface area contributed by atoms with Crippen molar-refractivity contribution in [1.29, 1.82) is 0 Å². The van der Waals surface area contributed by atoms with Gasteiger partial charge in [-0.3, -0.25) is 4.57 Å². The van der Waals surface area contributed by atoms with Crippen molar-refractivity contribution >= 4 is 45.3 Å². The summed E-state index contributed by atoms with van der Waals surface area (Å²) < 4.78 is 8.06. The molecule has 0 aromatic rings. The van der Waals surface area contributed by atoms with Crippen molar-refractivity contribution < 1.29 is 4.57 Å². The molecule has 16 valence electrons. The second-order valence-corrected chi connectivity index (χ2v) is 0. The smallest absolute Gasteiger partial charge is 0.138 e. The Morgan fingerprint density at radius 1 is 1.25 bits per heavy atom. The molecule has 0 aliphatic heterocycles. The van der Waals surface area contributed by atoms with Gasteiger partial charge >= 0.3 is 0 Å². The zero-order chi connectivity index (χ0) is 2.00. The van der Waals surface area contributed by atoms with Crippen LogP contribution in [0.1, 0.15) is 0 Å². The Hall–Kier alpha value is 1.23. The number of rotatable bonds is 0. The second kappa shape index (κ2) is 29.2. The molecule has 1 nitrogen and oxygen atoms in total. The van der Waals surface area contributed by atoms with Crippen LogP contribution in [0.4, 0.5) is 0 Å². The van der Waals surface area contributed by atoms with Gasteiger partial charge in [-0.25, -0.2) is 0 Å². The second-order valence-electron chi connectivity index (χ2n) is 0. The average molecular weight is 81.9 g/mol. The first kappa shape index (κ1) is 18.8. The molecule has 0 spiro atoms.